The number of nitrogens with zero attached hydrogens (tertiary/aromatic N) is 5. The number of aromatic amines is 1. The zero-order valence-corrected chi connectivity index (χ0v) is 17.5. The largest absolute Gasteiger partial charge is 0.361 e. The van der Waals surface area contributed by atoms with Crippen LogP contribution in [0.5, 0.6) is 0 Å². The zero-order chi connectivity index (χ0) is 20.3. The number of fused-ring (bicyclic) bond motifs is 2. The van der Waals surface area contributed by atoms with Gasteiger partial charge in [0.15, 0.2) is 0 Å². The molecule has 1 saturated heterocycles. The molecule has 4 heterocycles. The van der Waals surface area contributed by atoms with Gasteiger partial charge in [-0.3, -0.25) is 9.69 Å². The topological polar surface area (TPSA) is 70.1 Å². The molecule has 158 valence electrons. The van der Waals surface area contributed by atoms with Crippen LogP contribution in [-0.4, -0.2) is 61.6 Å². The van der Waals surface area contributed by atoms with E-state index in [4.69, 9.17) is 0 Å². The number of hydrogen-bond donors (Lipinski definition) is 1. The number of para-hydroxylation sites is 1. The van der Waals surface area contributed by atoms with Gasteiger partial charge in [0.05, 0.1) is 6.54 Å². The number of rotatable bonds is 5. The van der Waals surface area contributed by atoms with E-state index in [1.807, 2.05) is 17.2 Å². The van der Waals surface area contributed by atoms with Gasteiger partial charge >= 0.3 is 0 Å². The lowest BCUT2D eigenvalue weighted by Crippen LogP contribution is -2.48. The summed E-state index contributed by atoms with van der Waals surface area (Å²) in [6, 6.07) is 8.28. The molecular formula is C23H30N6O. The van der Waals surface area contributed by atoms with Crippen LogP contribution < -0.4 is 0 Å². The first kappa shape index (κ1) is 19.3. The molecule has 7 nitrogen and oxygen atoms in total. The summed E-state index contributed by atoms with van der Waals surface area (Å²) in [6.45, 7) is 5.29. The number of carbonyl (C=O) groups excluding carboxylic acids is 1. The van der Waals surface area contributed by atoms with Gasteiger partial charge in [-0.25, -0.2) is 0 Å². The lowest BCUT2D eigenvalue weighted by atomic mass is 10.1. The summed E-state index contributed by atoms with van der Waals surface area (Å²) in [4.78, 5) is 20.5. The Kier molecular flexibility index (Phi) is 5.53. The van der Waals surface area contributed by atoms with Crippen LogP contribution in [0.2, 0.25) is 0 Å². The molecule has 30 heavy (non-hydrogen) atoms. The first-order chi connectivity index (χ1) is 14.8. The van der Waals surface area contributed by atoms with Crippen LogP contribution in [0.25, 0.3) is 10.9 Å². The first-order valence-electron chi connectivity index (χ1n) is 11.2. The number of piperazine rings is 1. The molecule has 7 heteroatoms. The summed E-state index contributed by atoms with van der Waals surface area (Å²) >= 11 is 0. The van der Waals surface area contributed by atoms with Crippen LogP contribution in [0.15, 0.2) is 30.5 Å². The normalized spacial score (nSPS) is 17.8. The van der Waals surface area contributed by atoms with Gasteiger partial charge in [-0.15, -0.1) is 10.2 Å². The summed E-state index contributed by atoms with van der Waals surface area (Å²) in [6.07, 6.45) is 8.16. The number of nitrogens with one attached hydrogen (secondary N) is 1. The van der Waals surface area contributed by atoms with Gasteiger partial charge in [-0.05, 0) is 30.9 Å². The number of hydrogen-bond acceptors (Lipinski definition) is 4. The average Bonchev–Trinajstić information content (AvgIpc) is 3.28. The number of H-pyrrole nitrogens is 1. The highest BCUT2D eigenvalue weighted by atomic mass is 16.2. The predicted octanol–water partition coefficient (Wildman–Crippen LogP) is 2.76. The molecule has 5 rings (SSSR count). The van der Waals surface area contributed by atoms with E-state index in [-0.39, 0.29) is 5.91 Å². The van der Waals surface area contributed by atoms with E-state index in [2.05, 4.69) is 42.8 Å². The molecule has 0 saturated carbocycles. The number of amides is 1. The highest BCUT2D eigenvalue weighted by molar-refractivity contribution is 5.84. The molecule has 0 spiro atoms. The number of aromatic nitrogens is 4. The van der Waals surface area contributed by atoms with Gasteiger partial charge in [0.1, 0.15) is 11.6 Å². The standard InChI is InChI=1S/C23H30N6O/c30-23(10-9-18-16-24-20-7-4-3-6-19(18)20)28-14-12-27(13-15-28)17-22-26-25-21-8-2-1-5-11-29(21)22/h3-4,6-7,16,24H,1-2,5,8-15,17H2. The molecule has 0 bridgehead atoms. The molecule has 2 aromatic heterocycles. The highest BCUT2D eigenvalue weighted by Gasteiger charge is 2.23. The van der Waals surface area contributed by atoms with E-state index in [9.17, 15) is 4.79 Å². The molecule has 0 aliphatic carbocycles. The van der Waals surface area contributed by atoms with E-state index in [0.717, 1.165) is 69.3 Å². The highest BCUT2D eigenvalue weighted by Crippen LogP contribution is 2.20. The fourth-order valence-electron chi connectivity index (χ4n) is 4.76. The Hall–Kier alpha value is -2.67. The van der Waals surface area contributed by atoms with Gasteiger partial charge < -0.3 is 14.5 Å². The van der Waals surface area contributed by atoms with Crippen molar-refractivity contribution in [2.75, 3.05) is 26.2 Å². The van der Waals surface area contributed by atoms with E-state index < -0.39 is 0 Å². The number of benzene rings is 1. The van der Waals surface area contributed by atoms with E-state index in [1.54, 1.807) is 0 Å². The van der Waals surface area contributed by atoms with Crippen molar-refractivity contribution >= 4 is 16.8 Å². The smallest absolute Gasteiger partial charge is 0.222 e. The second-order valence-corrected chi connectivity index (χ2v) is 8.51. The maximum Gasteiger partial charge on any atom is 0.222 e. The SMILES string of the molecule is O=C(CCc1c[nH]c2ccccc12)N1CCN(Cc2nnc3n2CCCCC3)CC1. The minimum atomic E-state index is 0.260. The molecule has 0 atom stereocenters. The minimum Gasteiger partial charge on any atom is -0.361 e. The Morgan fingerprint density at radius 2 is 1.87 bits per heavy atom. The first-order valence-corrected chi connectivity index (χ1v) is 11.2. The van der Waals surface area contributed by atoms with Gasteiger partial charge in [-0.2, -0.15) is 0 Å². The van der Waals surface area contributed by atoms with Gasteiger partial charge in [0, 0.05) is 62.7 Å². The summed E-state index contributed by atoms with van der Waals surface area (Å²) in [7, 11) is 0. The van der Waals surface area contributed by atoms with Crippen molar-refractivity contribution in [1.82, 2.24) is 29.5 Å². The Balaban J connectivity index is 1.12. The van der Waals surface area contributed by atoms with Crippen LogP contribution in [0.3, 0.4) is 0 Å². The summed E-state index contributed by atoms with van der Waals surface area (Å²) in [5, 5.41) is 10.1. The van der Waals surface area contributed by atoms with Crippen LogP contribution in [0, 0.1) is 0 Å². The second kappa shape index (κ2) is 8.60. The molecule has 3 aromatic rings. The van der Waals surface area contributed by atoms with Crippen LogP contribution >= 0.6 is 0 Å². The van der Waals surface area contributed by atoms with Crippen molar-refractivity contribution < 1.29 is 4.79 Å². The molecule has 1 fully saturated rings. The van der Waals surface area contributed by atoms with Crippen LogP contribution in [-0.2, 0) is 30.7 Å². The minimum absolute atomic E-state index is 0.260. The maximum absolute atomic E-state index is 12.8. The van der Waals surface area contributed by atoms with Crippen molar-refractivity contribution in [1.29, 1.82) is 0 Å². The lowest BCUT2D eigenvalue weighted by Gasteiger charge is -2.34. The zero-order valence-electron chi connectivity index (χ0n) is 17.5. The Labute approximate surface area is 177 Å². The Bertz CT molecular complexity index is 1010. The fourth-order valence-corrected chi connectivity index (χ4v) is 4.76. The van der Waals surface area contributed by atoms with Crippen molar-refractivity contribution in [3.8, 4) is 0 Å². The quantitative estimate of drug-likeness (QED) is 0.707. The third-order valence-electron chi connectivity index (χ3n) is 6.56. The summed E-state index contributed by atoms with van der Waals surface area (Å²) in [5.74, 6) is 2.50. The molecule has 0 unspecified atom stereocenters. The van der Waals surface area contributed by atoms with Crippen LogP contribution in [0.4, 0.5) is 0 Å². The summed E-state index contributed by atoms with van der Waals surface area (Å²) < 4.78 is 2.33. The molecule has 0 radical (unpaired) electrons. The molecule has 2 aliphatic heterocycles. The van der Waals surface area contributed by atoms with Gasteiger partial charge in [0.2, 0.25) is 5.91 Å². The van der Waals surface area contributed by atoms with Crippen molar-refractivity contribution in [2.24, 2.45) is 0 Å². The van der Waals surface area contributed by atoms with E-state index >= 15 is 0 Å². The number of carbonyl (C=O) groups is 1. The molecule has 1 N–H and O–H groups in total. The third kappa shape index (κ3) is 3.99. The van der Waals surface area contributed by atoms with Crippen molar-refractivity contribution in [3.05, 3.63) is 47.7 Å². The van der Waals surface area contributed by atoms with Crippen molar-refractivity contribution in [2.45, 2.75) is 51.6 Å². The average molecular weight is 407 g/mol. The second-order valence-electron chi connectivity index (χ2n) is 8.51. The number of aryl methyl sites for hydroxylation is 2. The fraction of sp³-hybridized carbons (Fsp3) is 0.522. The van der Waals surface area contributed by atoms with E-state index in [0.29, 0.717) is 6.42 Å². The lowest BCUT2D eigenvalue weighted by molar-refractivity contribution is -0.133. The monoisotopic (exact) mass is 406 g/mol. The third-order valence-corrected chi connectivity index (χ3v) is 6.56. The Morgan fingerprint density at radius 1 is 1.00 bits per heavy atom. The van der Waals surface area contributed by atoms with Crippen LogP contribution in [0.1, 0.15) is 42.9 Å². The predicted molar refractivity (Wildman–Crippen MR) is 116 cm³/mol. The van der Waals surface area contributed by atoms with Crippen molar-refractivity contribution in [3.63, 3.8) is 0 Å². The molecular weight excluding hydrogens is 376 g/mol. The van der Waals surface area contributed by atoms with E-state index in [1.165, 1.54) is 30.2 Å². The molecule has 1 aromatic carbocycles. The van der Waals surface area contributed by atoms with Gasteiger partial charge in [-0.1, -0.05) is 24.6 Å². The summed E-state index contributed by atoms with van der Waals surface area (Å²) in [5.41, 5.74) is 2.37. The Morgan fingerprint density at radius 3 is 2.77 bits per heavy atom. The van der Waals surface area contributed by atoms with Gasteiger partial charge in [0.25, 0.3) is 0 Å². The molecule has 1 amide bonds. The molecule has 2 aliphatic rings. The maximum atomic E-state index is 12.8.